The van der Waals surface area contributed by atoms with Crippen molar-refractivity contribution in [2.75, 3.05) is 26.7 Å². The summed E-state index contributed by atoms with van der Waals surface area (Å²) in [6.07, 6.45) is 2.40. The van der Waals surface area contributed by atoms with Crippen LogP contribution in [0.15, 0.2) is 5.18 Å². The molecule has 1 rings (SSSR count). The van der Waals surface area contributed by atoms with E-state index in [0.717, 1.165) is 6.54 Å². The molecule has 1 aliphatic rings. The largest absolute Gasteiger partial charge is 0.306 e. The Morgan fingerprint density at radius 3 is 3.10 bits per heavy atom. The summed E-state index contributed by atoms with van der Waals surface area (Å²) in [4.78, 5) is 12.2. The van der Waals surface area contributed by atoms with E-state index in [1.54, 1.807) is 0 Å². The summed E-state index contributed by atoms with van der Waals surface area (Å²) in [6.45, 7) is 2.73. The Kier molecular flexibility index (Phi) is 2.81. The van der Waals surface area contributed by atoms with Crippen LogP contribution in [0.25, 0.3) is 0 Å². The first-order valence-electron chi connectivity index (χ1n) is 3.80. The molecule has 0 aromatic heterocycles. The minimum absolute atomic E-state index is 0.504. The van der Waals surface area contributed by atoms with Crippen LogP contribution in [0.4, 0.5) is 0 Å². The van der Waals surface area contributed by atoms with Gasteiger partial charge in [-0.15, -0.1) is 0 Å². The van der Waals surface area contributed by atoms with Crippen LogP contribution >= 0.6 is 0 Å². The van der Waals surface area contributed by atoms with Crippen LogP contribution in [-0.4, -0.2) is 31.6 Å². The van der Waals surface area contributed by atoms with Crippen LogP contribution in [0.5, 0.6) is 0 Å². The molecule has 0 spiro atoms. The Morgan fingerprint density at radius 1 is 1.70 bits per heavy atom. The summed E-state index contributed by atoms with van der Waals surface area (Å²) in [5, 5.41) is 2.92. The predicted molar refractivity (Wildman–Crippen MR) is 40.9 cm³/mol. The monoisotopic (exact) mass is 142 g/mol. The second-order valence-corrected chi connectivity index (χ2v) is 3.08. The molecule has 0 amide bonds. The Labute approximate surface area is 61.4 Å². The van der Waals surface area contributed by atoms with Crippen LogP contribution < -0.4 is 0 Å². The summed E-state index contributed by atoms with van der Waals surface area (Å²) in [5.74, 6) is 0.524. The molecular weight excluding hydrogens is 128 g/mol. The zero-order valence-electron chi connectivity index (χ0n) is 6.42. The van der Waals surface area contributed by atoms with E-state index in [1.165, 1.54) is 19.4 Å². The van der Waals surface area contributed by atoms with Gasteiger partial charge in [-0.25, -0.2) is 0 Å². The van der Waals surface area contributed by atoms with Crippen LogP contribution in [0.3, 0.4) is 0 Å². The molecule has 3 heteroatoms. The Bertz CT molecular complexity index is 116. The van der Waals surface area contributed by atoms with Gasteiger partial charge in [0.25, 0.3) is 0 Å². The highest BCUT2D eigenvalue weighted by Crippen LogP contribution is 2.14. The number of nitroso groups, excluding NO2 is 1. The summed E-state index contributed by atoms with van der Waals surface area (Å²) < 4.78 is 0. The van der Waals surface area contributed by atoms with Gasteiger partial charge >= 0.3 is 0 Å². The lowest BCUT2D eigenvalue weighted by Crippen LogP contribution is -2.33. The fraction of sp³-hybridized carbons (Fsp3) is 1.00. The molecule has 0 saturated carbocycles. The molecule has 1 atom stereocenters. The second-order valence-electron chi connectivity index (χ2n) is 3.08. The molecule has 0 bridgehead atoms. The molecule has 0 N–H and O–H groups in total. The maximum absolute atomic E-state index is 9.91. The number of hydrogen-bond donors (Lipinski definition) is 0. The Morgan fingerprint density at radius 2 is 2.50 bits per heavy atom. The summed E-state index contributed by atoms with van der Waals surface area (Å²) >= 11 is 0. The number of piperidine rings is 1. The second kappa shape index (κ2) is 3.66. The number of rotatable bonds is 2. The predicted octanol–water partition coefficient (Wildman–Crippen LogP) is 1.09. The van der Waals surface area contributed by atoms with E-state index < -0.39 is 0 Å². The fourth-order valence-corrected chi connectivity index (χ4v) is 1.53. The Hall–Kier alpha value is -0.440. The van der Waals surface area contributed by atoms with Crippen LogP contribution in [-0.2, 0) is 0 Å². The van der Waals surface area contributed by atoms with Gasteiger partial charge in [0.2, 0.25) is 0 Å². The van der Waals surface area contributed by atoms with E-state index >= 15 is 0 Å². The fourth-order valence-electron chi connectivity index (χ4n) is 1.53. The zero-order chi connectivity index (χ0) is 7.40. The highest BCUT2D eigenvalue weighted by Gasteiger charge is 2.16. The molecule has 0 aliphatic carbocycles. The van der Waals surface area contributed by atoms with Gasteiger partial charge in [-0.05, 0) is 32.4 Å². The first-order valence-corrected chi connectivity index (χ1v) is 3.80. The quantitative estimate of drug-likeness (QED) is 0.541. The topological polar surface area (TPSA) is 32.7 Å². The summed E-state index contributed by atoms with van der Waals surface area (Å²) in [6, 6.07) is 0. The van der Waals surface area contributed by atoms with Gasteiger partial charge in [0.15, 0.2) is 0 Å². The highest BCUT2D eigenvalue weighted by atomic mass is 16.3. The molecule has 1 unspecified atom stereocenters. The van der Waals surface area contributed by atoms with Crippen molar-refractivity contribution in [2.45, 2.75) is 12.8 Å². The molecular formula is C7H14N2O. The molecule has 10 heavy (non-hydrogen) atoms. The Balaban J connectivity index is 2.24. The van der Waals surface area contributed by atoms with Gasteiger partial charge in [0.05, 0.1) is 6.54 Å². The third-order valence-electron chi connectivity index (χ3n) is 2.05. The van der Waals surface area contributed by atoms with Gasteiger partial charge < -0.3 is 4.90 Å². The normalized spacial score (nSPS) is 28.3. The first-order chi connectivity index (χ1) is 4.83. The first kappa shape index (κ1) is 7.66. The molecule has 0 aromatic carbocycles. The van der Waals surface area contributed by atoms with Gasteiger partial charge in [0.1, 0.15) is 0 Å². The zero-order valence-corrected chi connectivity index (χ0v) is 6.42. The van der Waals surface area contributed by atoms with Crippen LogP contribution in [0.1, 0.15) is 12.8 Å². The van der Waals surface area contributed by atoms with Gasteiger partial charge in [-0.2, -0.15) is 4.91 Å². The molecule has 1 heterocycles. The average Bonchev–Trinajstić information content (AvgIpc) is 1.88. The van der Waals surface area contributed by atoms with Gasteiger partial charge in [-0.1, -0.05) is 5.18 Å². The maximum atomic E-state index is 9.91. The molecule has 58 valence electrons. The molecule has 1 saturated heterocycles. The smallest absolute Gasteiger partial charge is 0.0851 e. The minimum atomic E-state index is 0.504. The lowest BCUT2D eigenvalue weighted by Gasteiger charge is -2.27. The number of nitrogens with zero attached hydrogens (tertiary/aromatic N) is 2. The van der Waals surface area contributed by atoms with Crippen molar-refractivity contribution in [3.63, 3.8) is 0 Å². The van der Waals surface area contributed by atoms with Crippen molar-refractivity contribution in [3.8, 4) is 0 Å². The van der Waals surface area contributed by atoms with E-state index in [0.29, 0.717) is 12.5 Å². The van der Waals surface area contributed by atoms with Gasteiger partial charge in [-0.3, -0.25) is 0 Å². The molecule has 0 radical (unpaired) electrons. The molecule has 0 aromatic rings. The van der Waals surface area contributed by atoms with E-state index in [2.05, 4.69) is 17.1 Å². The van der Waals surface area contributed by atoms with E-state index in [1.807, 2.05) is 0 Å². The third-order valence-corrected chi connectivity index (χ3v) is 2.05. The van der Waals surface area contributed by atoms with Crippen molar-refractivity contribution >= 4 is 0 Å². The standard InChI is InChI=1S/C7H14N2O/c1-9-4-2-3-7(6-9)5-8-10/h7H,2-6H2,1H3. The van der Waals surface area contributed by atoms with Crippen molar-refractivity contribution in [1.82, 2.24) is 4.90 Å². The molecule has 1 fully saturated rings. The van der Waals surface area contributed by atoms with E-state index in [9.17, 15) is 4.91 Å². The summed E-state index contributed by atoms with van der Waals surface area (Å²) in [5.41, 5.74) is 0. The van der Waals surface area contributed by atoms with Crippen molar-refractivity contribution in [3.05, 3.63) is 4.91 Å². The molecule has 1 aliphatic heterocycles. The van der Waals surface area contributed by atoms with Crippen molar-refractivity contribution in [1.29, 1.82) is 0 Å². The average molecular weight is 142 g/mol. The third kappa shape index (κ3) is 2.06. The molecule has 3 nitrogen and oxygen atoms in total. The van der Waals surface area contributed by atoms with Gasteiger partial charge in [0, 0.05) is 6.54 Å². The minimum Gasteiger partial charge on any atom is -0.306 e. The summed E-state index contributed by atoms with van der Waals surface area (Å²) in [7, 11) is 2.09. The van der Waals surface area contributed by atoms with E-state index in [4.69, 9.17) is 0 Å². The van der Waals surface area contributed by atoms with Crippen LogP contribution in [0.2, 0.25) is 0 Å². The lowest BCUT2D eigenvalue weighted by atomic mass is 9.99. The van der Waals surface area contributed by atoms with Crippen LogP contribution in [0, 0.1) is 10.8 Å². The highest BCUT2D eigenvalue weighted by molar-refractivity contribution is 4.71. The van der Waals surface area contributed by atoms with Crippen molar-refractivity contribution in [2.24, 2.45) is 11.1 Å². The number of likely N-dealkylation sites (tertiary alicyclic amines) is 1. The SMILES string of the molecule is CN1CCCC(CN=O)C1. The van der Waals surface area contributed by atoms with Crippen molar-refractivity contribution < 1.29 is 0 Å². The number of hydrogen-bond acceptors (Lipinski definition) is 3. The maximum Gasteiger partial charge on any atom is 0.0851 e. The lowest BCUT2D eigenvalue weighted by molar-refractivity contribution is 0.214. The van der Waals surface area contributed by atoms with E-state index in [-0.39, 0.29) is 0 Å².